The van der Waals surface area contributed by atoms with E-state index in [1.807, 2.05) is 0 Å². The predicted molar refractivity (Wildman–Crippen MR) is 414 cm³/mol. The average Bonchev–Trinajstić information content (AvgIpc) is 0.935. The lowest BCUT2D eigenvalue weighted by atomic mass is 10.0. The minimum Gasteiger partial charge on any atom is -0.462 e. The van der Waals surface area contributed by atoms with Crippen LogP contribution in [0.5, 0.6) is 0 Å². The molecule has 0 aliphatic rings. The van der Waals surface area contributed by atoms with Crippen LogP contribution in [0.25, 0.3) is 0 Å². The van der Waals surface area contributed by atoms with Crippen molar-refractivity contribution in [1.82, 2.24) is 0 Å². The number of phosphoric acid groups is 2. The first kappa shape index (κ1) is 99.1. The van der Waals surface area contributed by atoms with Gasteiger partial charge in [-0.3, -0.25) is 37.3 Å². The van der Waals surface area contributed by atoms with E-state index in [-0.39, 0.29) is 25.7 Å². The highest BCUT2D eigenvalue weighted by Gasteiger charge is 2.30. The summed E-state index contributed by atoms with van der Waals surface area (Å²) < 4.78 is 68.7. The van der Waals surface area contributed by atoms with Gasteiger partial charge < -0.3 is 33.8 Å². The molecule has 0 aliphatic heterocycles. The third kappa shape index (κ3) is 76.1. The lowest BCUT2D eigenvalue weighted by molar-refractivity contribution is -0.161. The second kappa shape index (κ2) is 74.9. The van der Waals surface area contributed by atoms with E-state index in [1.54, 1.807) is 0 Å². The van der Waals surface area contributed by atoms with Crippen LogP contribution in [0.2, 0.25) is 0 Å². The van der Waals surface area contributed by atoms with Gasteiger partial charge in [0, 0.05) is 25.7 Å². The summed E-state index contributed by atoms with van der Waals surface area (Å²) in [7, 11) is -9.92. The van der Waals surface area contributed by atoms with Gasteiger partial charge in [-0.25, -0.2) is 9.13 Å². The van der Waals surface area contributed by atoms with E-state index in [0.717, 1.165) is 95.8 Å². The van der Waals surface area contributed by atoms with Crippen LogP contribution in [0, 0.1) is 5.92 Å². The third-order valence-electron chi connectivity index (χ3n) is 19.3. The number of rotatable bonds is 82. The number of ether oxygens (including phenoxy) is 4. The van der Waals surface area contributed by atoms with E-state index >= 15 is 0 Å². The van der Waals surface area contributed by atoms with Crippen LogP contribution in [0.1, 0.15) is 439 Å². The van der Waals surface area contributed by atoms with Gasteiger partial charge >= 0.3 is 39.5 Å². The molecule has 0 amide bonds. The van der Waals surface area contributed by atoms with Crippen LogP contribution in [-0.2, 0) is 65.4 Å². The van der Waals surface area contributed by atoms with Crippen molar-refractivity contribution in [2.45, 2.75) is 457 Å². The van der Waals surface area contributed by atoms with Gasteiger partial charge in [0.2, 0.25) is 0 Å². The molecule has 0 bridgehead atoms. The standard InChI is InChI=1S/C82H160O17P2/c1-6-9-12-15-18-21-24-26-28-30-31-32-33-34-36-38-40-42-47-52-57-62-67-81(86)98-77(72-93-80(85)66-61-56-51-46-41-39-37-35-29-27-25-22-19-16-13-10-7-2)73-96-100(88,89)94-69-76(83)70-95-101(90,91)97-74-78(71-92-79(84)65-60-55-50-45-23-20-17-14-11-8-3)99-82(87)68-63-58-53-48-43-44-49-54-59-64-75(4)5/h75-78,83H,6-74H2,1-5H3,(H,88,89)(H,90,91)/t76-,77-,78-/m1/s1. The number of esters is 4. The quantitative estimate of drug-likeness (QED) is 0.0222. The SMILES string of the molecule is CCCCCCCCCCCCCCCCCCCCCCCCC(=O)O[C@H](COC(=O)CCCCCCCCCCCCCCCCCCC)COP(=O)(O)OC[C@@H](O)COP(=O)(O)OC[C@@H](COC(=O)CCCCCCCCCCCC)OC(=O)CCCCCCCCCCCC(C)C. The van der Waals surface area contributed by atoms with Crippen molar-refractivity contribution >= 4 is 39.5 Å². The highest BCUT2D eigenvalue weighted by Crippen LogP contribution is 2.45. The summed E-state index contributed by atoms with van der Waals surface area (Å²) in [6, 6.07) is 0. The highest BCUT2D eigenvalue weighted by molar-refractivity contribution is 7.47. The second-order valence-corrected chi connectivity index (χ2v) is 32.9. The molecule has 19 heteroatoms. The summed E-state index contributed by atoms with van der Waals surface area (Å²) in [5.41, 5.74) is 0. The normalized spacial score (nSPS) is 13.8. The maximum atomic E-state index is 13.1. The van der Waals surface area contributed by atoms with Crippen molar-refractivity contribution in [3.05, 3.63) is 0 Å². The molecule has 0 aromatic carbocycles. The average molecular weight is 1480 g/mol. The van der Waals surface area contributed by atoms with Crippen molar-refractivity contribution in [1.29, 1.82) is 0 Å². The molecule has 3 N–H and O–H groups in total. The highest BCUT2D eigenvalue weighted by atomic mass is 31.2. The Morgan fingerprint density at radius 1 is 0.267 bits per heavy atom. The fraction of sp³-hybridized carbons (Fsp3) is 0.951. The predicted octanol–water partition coefficient (Wildman–Crippen LogP) is 24.8. The Morgan fingerprint density at radius 3 is 0.673 bits per heavy atom. The zero-order valence-electron chi connectivity index (χ0n) is 66.1. The van der Waals surface area contributed by atoms with Gasteiger partial charge in [0.1, 0.15) is 19.3 Å². The minimum absolute atomic E-state index is 0.106. The van der Waals surface area contributed by atoms with E-state index in [9.17, 15) is 43.2 Å². The van der Waals surface area contributed by atoms with Gasteiger partial charge in [-0.05, 0) is 31.6 Å². The molecule has 17 nitrogen and oxygen atoms in total. The molecule has 0 radical (unpaired) electrons. The summed E-state index contributed by atoms with van der Waals surface area (Å²) in [6.07, 6.45) is 66.8. The fourth-order valence-electron chi connectivity index (χ4n) is 12.8. The molecular formula is C82H160O17P2. The smallest absolute Gasteiger partial charge is 0.462 e. The van der Waals surface area contributed by atoms with E-state index in [4.69, 9.17) is 37.0 Å². The molecule has 0 aromatic heterocycles. The summed E-state index contributed by atoms with van der Waals surface area (Å²) in [5.74, 6) is -1.37. The number of unbranched alkanes of at least 4 members (excludes halogenated alkanes) is 54. The molecule has 5 atom stereocenters. The Labute approximate surface area is 619 Å². The van der Waals surface area contributed by atoms with Gasteiger partial charge in [0.05, 0.1) is 26.4 Å². The first-order valence-corrected chi connectivity index (χ1v) is 45.6. The van der Waals surface area contributed by atoms with Gasteiger partial charge in [0.25, 0.3) is 0 Å². The minimum atomic E-state index is -4.96. The third-order valence-corrected chi connectivity index (χ3v) is 21.2. The molecule has 0 fully saturated rings. The monoisotopic (exact) mass is 1480 g/mol. The summed E-state index contributed by atoms with van der Waals surface area (Å²) in [4.78, 5) is 73.0. The summed E-state index contributed by atoms with van der Waals surface area (Å²) >= 11 is 0. The lowest BCUT2D eigenvalue weighted by Gasteiger charge is -2.21. The number of phosphoric ester groups is 2. The Hall–Kier alpha value is -1.94. The zero-order chi connectivity index (χ0) is 74.1. The Bertz CT molecular complexity index is 1930. The zero-order valence-corrected chi connectivity index (χ0v) is 67.8. The second-order valence-electron chi connectivity index (χ2n) is 30.0. The number of aliphatic hydroxyl groups excluding tert-OH is 1. The first-order valence-electron chi connectivity index (χ1n) is 42.6. The molecular weight excluding hydrogens is 1320 g/mol. The van der Waals surface area contributed by atoms with Gasteiger partial charge in [-0.1, -0.05) is 388 Å². The molecule has 600 valence electrons. The maximum Gasteiger partial charge on any atom is 0.472 e. The van der Waals surface area contributed by atoms with Crippen molar-refractivity contribution in [2.24, 2.45) is 5.92 Å². The van der Waals surface area contributed by atoms with Crippen molar-refractivity contribution in [3.8, 4) is 0 Å². The summed E-state index contributed by atoms with van der Waals surface area (Å²) in [6.45, 7) is 7.30. The van der Waals surface area contributed by atoms with Gasteiger partial charge in [0.15, 0.2) is 12.2 Å². The molecule has 0 spiro atoms. The van der Waals surface area contributed by atoms with Crippen LogP contribution in [0.4, 0.5) is 0 Å². The van der Waals surface area contributed by atoms with Crippen LogP contribution in [0.3, 0.4) is 0 Å². The van der Waals surface area contributed by atoms with E-state index in [0.29, 0.717) is 25.7 Å². The topological polar surface area (TPSA) is 237 Å². The number of aliphatic hydroxyl groups is 1. The lowest BCUT2D eigenvalue weighted by Crippen LogP contribution is -2.30. The van der Waals surface area contributed by atoms with Crippen LogP contribution in [0.15, 0.2) is 0 Å². The van der Waals surface area contributed by atoms with Crippen LogP contribution >= 0.6 is 15.6 Å². The number of hydrogen-bond acceptors (Lipinski definition) is 15. The van der Waals surface area contributed by atoms with Gasteiger partial charge in [-0.15, -0.1) is 0 Å². The maximum absolute atomic E-state index is 13.1. The Morgan fingerprint density at radius 2 is 0.455 bits per heavy atom. The molecule has 0 saturated heterocycles. The summed E-state index contributed by atoms with van der Waals surface area (Å²) in [5, 5.41) is 10.6. The van der Waals surface area contributed by atoms with Crippen molar-refractivity contribution in [3.63, 3.8) is 0 Å². The fourth-order valence-corrected chi connectivity index (χ4v) is 14.3. The number of carbonyl (C=O) groups is 4. The molecule has 0 aliphatic carbocycles. The number of hydrogen-bond donors (Lipinski definition) is 3. The molecule has 0 aromatic rings. The van der Waals surface area contributed by atoms with Crippen molar-refractivity contribution < 1.29 is 80.2 Å². The van der Waals surface area contributed by atoms with Crippen LogP contribution < -0.4 is 0 Å². The van der Waals surface area contributed by atoms with E-state index in [1.165, 1.54) is 263 Å². The molecule has 101 heavy (non-hydrogen) atoms. The molecule has 0 saturated carbocycles. The molecule has 2 unspecified atom stereocenters. The van der Waals surface area contributed by atoms with E-state index in [2.05, 4.69) is 34.6 Å². The largest absolute Gasteiger partial charge is 0.472 e. The van der Waals surface area contributed by atoms with Crippen LogP contribution in [-0.4, -0.2) is 96.7 Å². The Balaban J connectivity index is 5.20. The number of carbonyl (C=O) groups excluding carboxylic acids is 4. The first-order chi connectivity index (χ1) is 49.0. The van der Waals surface area contributed by atoms with E-state index < -0.39 is 97.5 Å². The molecule has 0 heterocycles. The van der Waals surface area contributed by atoms with Crippen molar-refractivity contribution in [2.75, 3.05) is 39.6 Å². The molecule has 0 rings (SSSR count). The Kier molecular flexibility index (Phi) is 73.5. The van der Waals surface area contributed by atoms with Gasteiger partial charge in [-0.2, -0.15) is 0 Å².